The molecule has 1 saturated carbocycles. The Hall–Kier alpha value is -1.30. The van der Waals surface area contributed by atoms with Crippen LogP contribution in [0.4, 0.5) is 4.79 Å². The molecule has 0 bridgehead atoms. The number of carboxylic acids is 1. The van der Waals surface area contributed by atoms with E-state index in [1.165, 1.54) is 0 Å². The van der Waals surface area contributed by atoms with Gasteiger partial charge in [-0.15, -0.1) is 0 Å². The summed E-state index contributed by atoms with van der Waals surface area (Å²) in [5.41, 5.74) is 0. The maximum atomic E-state index is 12.0. The van der Waals surface area contributed by atoms with Gasteiger partial charge in [0.25, 0.3) is 0 Å². The highest BCUT2D eigenvalue weighted by Crippen LogP contribution is 2.33. The minimum absolute atomic E-state index is 0.165. The molecular formula is C14H24N2O4. The molecule has 3 N–H and O–H groups in total. The largest absolute Gasteiger partial charge is 0.481 e. The Morgan fingerprint density at radius 1 is 1.20 bits per heavy atom. The van der Waals surface area contributed by atoms with Gasteiger partial charge in [-0.25, -0.2) is 4.79 Å². The molecule has 1 heterocycles. The number of urea groups is 1. The van der Waals surface area contributed by atoms with Crippen molar-refractivity contribution in [1.82, 2.24) is 10.6 Å². The number of carbonyl (C=O) groups excluding carboxylic acids is 1. The summed E-state index contributed by atoms with van der Waals surface area (Å²) >= 11 is 0. The van der Waals surface area contributed by atoms with Crippen molar-refractivity contribution in [3.05, 3.63) is 0 Å². The molecule has 20 heavy (non-hydrogen) atoms. The molecule has 0 radical (unpaired) electrons. The predicted octanol–water partition coefficient (Wildman–Crippen LogP) is 1.21. The van der Waals surface area contributed by atoms with Crippen LogP contribution in [-0.2, 0) is 9.53 Å². The molecule has 6 heteroatoms. The molecule has 2 aliphatic rings. The van der Waals surface area contributed by atoms with E-state index >= 15 is 0 Å². The lowest BCUT2D eigenvalue weighted by atomic mass is 9.93. The van der Waals surface area contributed by atoms with E-state index < -0.39 is 17.9 Å². The topological polar surface area (TPSA) is 87.7 Å². The number of aliphatic carboxylic acids is 1. The number of hydrogen-bond donors (Lipinski definition) is 3. The van der Waals surface area contributed by atoms with Gasteiger partial charge in [-0.2, -0.15) is 0 Å². The second-order valence-electron chi connectivity index (χ2n) is 5.92. The molecule has 114 valence electrons. The third-order valence-electron chi connectivity index (χ3n) is 4.78. The normalized spacial score (nSPS) is 36.8. The first-order chi connectivity index (χ1) is 9.52. The van der Waals surface area contributed by atoms with Gasteiger partial charge in [-0.3, -0.25) is 4.79 Å². The summed E-state index contributed by atoms with van der Waals surface area (Å²) in [7, 11) is 0. The van der Waals surface area contributed by atoms with Crippen molar-refractivity contribution < 1.29 is 19.4 Å². The SMILES string of the molecule is CCC1CCC(NC(=O)NC2COCC2C(=O)O)C1C. The fourth-order valence-corrected chi connectivity index (χ4v) is 3.35. The Balaban J connectivity index is 1.82. The van der Waals surface area contributed by atoms with Crippen molar-refractivity contribution in [2.75, 3.05) is 13.2 Å². The third kappa shape index (κ3) is 3.23. The Morgan fingerprint density at radius 2 is 1.90 bits per heavy atom. The van der Waals surface area contributed by atoms with Gasteiger partial charge in [0.2, 0.25) is 0 Å². The standard InChI is InChI=1S/C14H24N2O4/c1-3-9-4-5-11(8(9)2)15-14(19)16-12-7-20-6-10(12)13(17)18/h8-12H,3-7H2,1-2H3,(H,17,18)(H2,15,16,19). The van der Waals surface area contributed by atoms with E-state index in [0.717, 1.165) is 19.3 Å². The van der Waals surface area contributed by atoms with Crippen molar-refractivity contribution in [3.63, 3.8) is 0 Å². The Morgan fingerprint density at radius 3 is 2.50 bits per heavy atom. The van der Waals surface area contributed by atoms with Crippen LogP contribution in [0.5, 0.6) is 0 Å². The van der Waals surface area contributed by atoms with Crippen LogP contribution < -0.4 is 10.6 Å². The maximum absolute atomic E-state index is 12.0. The first-order valence-corrected chi connectivity index (χ1v) is 7.40. The number of hydrogen-bond acceptors (Lipinski definition) is 3. The quantitative estimate of drug-likeness (QED) is 0.724. The second-order valence-corrected chi connectivity index (χ2v) is 5.92. The first-order valence-electron chi connectivity index (χ1n) is 7.40. The summed E-state index contributed by atoms with van der Waals surface area (Å²) in [5, 5.41) is 14.8. The van der Waals surface area contributed by atoms with Crippen LogP contribution in [0.1, 0.15) is 33.1 Å². The highest BCUT2D eigenvalue weighted by atomic mass is 16.5. The van der Waals surface area contributed by atoms with Crippen LogP contribution in [0.3, 0.4) is 0 Å². The van der Waals surface area contributed by atoms with Crippen molar-refractivity contribution in [1.29, 1.82) is 0 Å². The molecule has 2 rings (SSSR count). The van der Waals surface area contributed by atoms with E-state index in [2.05, 4.69) is 24.5 Å². The van der Waals surface area contributed by atoms with Gasteiger partial charge >= 0.3 is 12.0 Å². The van der Waals surface area contributed by atoms with E-state index in [1.807, 2.05) is 0 Å². The lowest BCUT2D eigenvalue weighted by Crippen LogP contribution is -2.50. The van der Waals surface area contributed by atoms with Crippen molar-refractivity contribution in [2.24, 2.45) is 17.8 Å². The molecule has 0 aromatic rings. The van der Waals surface area contributed by atoms with Crippen molar-refractivity contribution in [2.45, 2.75) is 45.2 Å². The van der Waals surface area contributed by atoms with Crippen LogP contribution in [0, 0.1) is 17.8 Å². The van der Waals surface area contributed by atoms with Crippen LogP contribution in [0.25, 0.3) is 0 Å². The second kappa shape index (κ2) is 6.43. The van der Waals surface area contributed by atoms with Crippen LogP contribution in [0.2, 0.25) is 0 Å². The first kappa shape index (κ1) is 15.1. The Kier molecular flexibility index (Phi) is 4.86. The molecule has 5 atom stereocenters. The summed E-state index contributed by atoms with van der Waals surface area (Å²) in [6.07, 6.45) is 3.28. The highest BCUT2D eigenvalue weighted by molar-refractivity contribution is 5.77. The van der Waals surface area contributed by atoms with E-state index in [1.54, 1.807) is 0 Å². The van der Waals surface area contributed by atoms with Gasteiger partial charge in [0.1, 0.15) is 5.92 Å². The Labute approximate surface area is 119 Å². The van der Waals surface area contributed by atoms with E-state index in [0.29, 0.717) is 11.8 Å². The number of amides is 2. The molecule has 1 aliphatic carbocycles. The van der Waals surface area contributed by atoms with Crippen LogP contribution in [0.15, 0.2) is 0 Å². The van der Waals surface area contributed by atoms with Crippen molar-refractivity contribution in [3.8, 4) is 0 Å². The summed E-state index contributed by atoms with van der Waals surface area (Å²) in [6, 6.07) is -0.530. The zero-order chi connectivity index (χ0) is 14.7. The molecular weight excluding hydrogens is 260 g/mol. The summed E-state index contributed by atoms with van der Waals surface area (Å²) in [4.78, 5) is 23.0. The van der Waals surface area contributed by atoms with Gasteiger partial charge in [0.15, 0.2) is 0 Å². The number of carbonyl (C=O) groups is 2. The molecule has 6 nitrogen and oxygen atoms in total. The minimum Gasteiger partial charge on any atom is -0.481 e. The van der Waals surface area contributed by atoms with Gasteiger partial charge in [-0.05, 0) is 24.7 Å². The third-order valence-corrected chi connectivity index (χ3v) is 4.78. The minimum atomic E-state index is -0.923. The maximum Gasteiger partial charge on any atom is 0.315 e. The average Bonchev–Trinajstić information content (AvgIpc) is 2.98. The summed E-state index contributed by atoms with van der Waals surface area (Å²) in [6.45, 7) is 4.78. The molecule has 1 saturated heterocycles. The predicted molar refractivity (Wildman–Crippen MR) is 73.4 cm³/mol. The molecule has 5 unspecified atom stereocenters. The zero-order valence-electron chi connectivity index (χ0n) is 12.1. The number of ether oxygens (including phenoxy) is 1. The average molecular weight is 284 g/mol. The van der Waals surface area contributed by atoms with Crippen LogP contribution in [-0.4, -0.2) is 42.4 Å². The molecule has 0 spiro atoms. The monoisotopic (exact) mass is 284 g/mol. The van der Waals surface area contributed by atoms with Gasteiger partial charge in [0.05, 0.1) is 19.3 Å². The number of nitrogens with one attached hydrogen (secondary N) is 2. The highest BCUT2D eigenvalue weighted by Gasteiger charge is 2.37. The molecule has 0 aromatic carbocycles. The summed E-state index contributed by atoms with van der Waals surface area (Å²) in [5.74, 6) is -0.430. The van der Waals surface area contributed by atoms with Gasteiger partial charge in [-0.1, -0.05) is 20.3 Å². The number of carboxylic acid groups (broad SMARTS) is 1. The van der Waals surface area contributed by atoms with E-state index in [9.17, 15) is 9.59 Å². The molecule has 0 aromatic heterocycles. The van der Waals surface area contributed by atoms with Crippen LogP contribution >= 0.6 is 0 Å². The van der Waals surface area contributed by atoms with Gasteiger partial charge in [0, 0.05) is 6.04 Å². The lowest BCUT2D eigenvalue weighted by Gasteiger charge is -2.23. The van der Waals surface area contributed by atoms with Gasteiger partial charge < -0.3 is 20.5 Å². The fourth-order valence-electron chi connectivity index (χ4n) is 3.35. The fraction of sp³-hybridized carbons (Fsp3) is 0.857. The smallest absolute Gasteiger partial charge is 0.315 e. The molecule has 2 fully saturated rings. The molecule has 1 aliphatic heterocycles. The van der Waals surface area contributed by atoms with E-state index in [4.69, 9.17) is 9.84 Å². The molecule has 2 amide bonds. The van der Waals surface area contributed by atoms with Crippen molar-refractivity contribution >= 4 is 12.0 Å². The van der Waals surface area contributed by atoms with E-state index in [-0.39, 0.29) is 25.3 Å². The Bertz CT molecular complexity index is 374. The zero-order valence-corrected chi connectivity index (χ0v) is 12.1. The number of rotatable bonds is 4. The summed E-state index contributed by atoms with van der Waals surface area (Å²) < 4.78 is 5.13. The lowest BCUT2D eigenvalue weighted by molar-refractivity contribution is -0.142.